The lowest BCUT2D eigenvalue weighted by atomic mass is 10.1. The van der Waals surface area contributed by atoms with Gasteiger partial charge in [0.15, 0.2) is 0 Å². The Bertz CT molecular complexity index is 608. The molecule has 0 spiro atoms. The molecule has 0 aliphatic rings. The predicted molar refractivity (Wildman–Crippen MR) is 93.8 cm³/mol. The van der Waals surface area contributed by atoms with E-state index in [4.69, 9.17) is 0 Å². The Morgan fingerprint density at radius 1 is 1.27 bits per heavy atom. The van der Waals surface area contributed by atoms with Crippen LogP contribution in [-0.4, -0.2) is 39.0 Å². The van der Waals surface area contributed by atoms with Crippen LogP contribution in [0, 0.1) is 13.8 Å². The van der Waals surface area contributed by atoms with Crippen molar-refractivity contribution in [3.8, 4) is 5.69 Å². The van der Waals surface area contributed by atoms with Crippen molar-refractivity contribution in [2.24, 2.45) is 0 Å². The zero-order valence-corrected chi connectivity index (χ0v) is 14.6. The van der Waals surface area contributed by atoms with E-state index in [9.17, 15) is 5.11 Å². The van der Waals surface area contributed by atoms with Crippen LogP contribution in [0.2, 0.25) is 0 Å². The van der Waals surface area contributed by atoms with Gasteiger partial charge in [0.05, 0.1) is 17.0 Å². The smallest absolute Gasteiger partial charge is 0.0833 e. The van der Waals surface area contributed by atoms with E-state index in [1.807, 2.05) is 43.0 Å². The Labute approximate surface area is 136 Å². The van der Waals surface area contributed by atoms with Gasteiger partial charge in [0.1, 0.15) is 0 Å². The first-order valence-electron chi connectivity index (χ1n) is 7.47. The highest BCUT2D eigenvalue weighted by molar-refractivity contribution is 7.98. The molecule has 0 saturated carbocycles. The van der Waals surface area contributed by atoms with Crippen LogP contribution in [0.4, 0.5) is 0 Å². The highest BCUT2D eigenvalue weighted by atomic mass is 32.2. The molecular formula is C17H25N3OS. The second-order valence-electron chi connectivity index (χ2n) is 5.93. The summed E-state index contributed by atoms with van der Waals surface area (Å²) in [4.78, 5) is 0. The van der Waals surface area contributed by atoms with E-state index in [0.29, 0.717) is 6.54 Å². The lowest BCUT2D eigenvalue weighted by Crippen LogP contribution is -2.39. The monoisotopic (exact) mass is 319 g/mol. The van der Waals surface area contributed by atoms with Crippen molar-refractivity contribution < 1.29 is 5.11 Å². The third-order valence-corrected chi connectivity index (χ3v) is 4.62. The van der Waals surface area contributed by atoms with E-state index in [2.05, 4.69) is 29.5 Å². The van der Waals surface area contributed by atoms with Crippen LogP contribution in [0.3, 0.4) is 0 Å². The zero-order valence-electron chi connectivity index (χ0n) is 13.8. The molecule has 1 aromatic heterocycles. The summed E-state index contributed by atoms with van der Waals surface area (Å²) < 4.78 is 1.98. The normalized spacial score (nSPS) is 14.0. The summed E-state index contributed by atoms with van der Waals surface area (Å²) in [5, 5.41) is 18.2. The second kappa shape index (κ2) is 7.31. The van der Waals surface area contributed by atoms with Gasteiger partial charge in [0, 0.05) is 30.1 Å². The molecule has 120 valence electrons. The number of para-hydroxylation sites is 1. The number of benzene rings is 1. The number of aliphatic hydroxyl groups is 1. The maximum Gasteiger partial charge on any atom is 0.0833 e. The average molecular weight is 319 g/mol. The van der Waals surface area contributed by atoms with E-state index in [1.54, 1.807) is 11.8 Å². The first-order valence-corrected chi connectivity index (χ1v) is 8.86. The number of thioether (sulfide) groups is 1. The van der Waals surface area contributed by atoms with Crippen molar-refractivity contribution >= 4 is 11.8 Å². The largest absolute Gasteiger partial charge is 0.388 e. The van der Waals surface area contributed by atoms with E-state index in [-0.39, 0.29) is 0 Å². The Kier molecular flexibility index (Phi) is 5.67. The van der Waals surface area contributed by atoms with Gasteiger partial charge in [-0.3, -0.25) is 0 Å². The molecule has 2 N–H and O–H groups in total. The van der Waals surface area contributed by atoms with Gasteiger partial charge < -0.3 is 10.4 Å². The lowest BCUT2D eigenvalue weighted by Gasteiger charge is -2.22. The molecule has 0 saturated heterocycles. The van der Waals surface area contributed by atoms with Crippen molar-refractivity contribution in [1.29, 1.82) is 0 Å². The van der Waals surface area contributed by atoms with Gasteiger partial charge in [0.25, 0.3) is 0 Å². The summed E-state index contributed by atoms with van der Waals surface area (Å²) >= 11 is 1.66. The molecule has 1 atom stereocenters. The number of nitrogens with zero attached hydrogens (tertiary/aromatic N) is 2. The minimum Gasteiger partial charge on any atom is -0.388 e. The van der Waals surface area contributed by atoms with Crippen molar-refractivity contribution in [3.63, 3.8) is 0 Å². The number of aromatic nitrogens is 2. The molecule has 5 heteroatoms. The molecule has 2 aromatic rings. The summed E-state index contributed by atoms with van der Waals surface area (Å²) in [5.41, 5.74) is 3.75. The second-order valence-corrected chi connectivity index (χ2v) is 6.80. The third-order valence-electron chi connectivity index (χ3n) is 3.70. The van der Waals surface area contributed by atoms with Crippen molar-refractivity contribution in [2.45, 2.75) is 32.9 Å². The lowest BCUT2D eigenvalue weighted by molar-refractivity contribution is 0.0845. The van der Waals surface area contributed by atoms with E-state index in [0.717, 1.165) is 29.4 Å². The Hall–Kier alpha value is -1.30. The number of hydrogen-bond acceptors (Lipinski definition) is 4. The Morgan fingerprint density at radius 2 is 1.95 bits per heavy atom. The van der Waals surface area contributed by atoms with Crippen LogP contribution < -0.4 is 5.32 Å². The van der Waals surface area contributed by atoms with E-state index in [1.165, 1.54) is 5.56 Å². The van der Waals surface area contributed by atoms with Gasteiger partial charge in [-0.05, 0) is 39.2 Å². The zero-order chi connectivity index (χ0) is 16.2. The molecule has 1 unspecified atom stereocenters. The van der Waals surface area contributed by atoms with Gasteiger partial charge in [-0.2, -0.15) is 16.9 Å². The molecule has 22 heavy (non-hydrogen) atoms. The number of nitrogens with one attached hydrogen (secondary N) is 1. The number of aryl methyl sites for hydroxylation is 1. The van der Waals surface area contributed by atoms with Crippen LogP contribution in [0.25, 0.3) is 5.69 Å². The maximum atomic E-state index is 10.2. The molecule has 0 fully saturated rings. The summed E-state index contributed by atoms with van der Waals surface area (Å²) in [6.45, 7) is 7.27. The van der Waals surface area contributed by atoms with Crippen LogP contribution in [-0.2, 0) is 6.54 Å². The highest BCUT2D eigenvalue weighted by Gasteiger charge is 2.20. The van der Waals surface area contributed by atoms with Crippen molar-refractivity contribution in [3.05, 3.63) is 47.3 Å². The van der Waals surface area contributed by atoms with Crippen LogP contribution in [0.1, 0.15) is 23.9 Å². The van der Waals surface area contributed by atoms with Crippen LogP contribution in [0.15, 0.2) is 30.3 Å². The maximum absolute atomic E-state index is 10.2. The molecular weight excluding hydrogens is 294 g/mol. The van der Waals surface area contributed by atoms with Gasteiger partial charge in [-0.1, -0.05) is 18.2 Å². The molecule has 0 radical (unpaired) electrons. The Balaban J connectivity index is 2.08. The van der Waals surface area contributed by atoms with E-state index < -0.39 is 5.60 Å². The number of rotatable bonds is 7. The first kappa shape index (κ1) is 17.1. The number of hydrogen-bond donors (Lipinski definition) is 2. The third kappa shape index (κ3) is 4.12. The SMILES string of the molecule is CSCC(C)(O)CNCc1c(C)nn(-c2ccccc2)c1C. The average Bonchev–Trinajstić information content (AvgIpc) is 2.76. The molecule has 0 bridgehead atoms. The van der Waals surface area contributed by atoms with Crippen LogP contribution in [0.5, 0.6) is 0 Å². The fourth-order valence-electron chi connectivity index (χ4n) is 2.57. The van der Waals surface area contributed by atoms with Crippen molar-refractivity contribution in [2.75, 3.05) is 18.6 Å². The molecule has 0 aliphatic carbocycles. The molecule has 1 heterocycles. The molecule has 4 nitrogen and oxygen atoms in total. The molecule has 0 aliphatic heterocycles. The summed E-state index contributed by atoms with van der Waals surface area (Å²) in [6.07, 6.45) is 2.01. The minimum absolute atomic E-state index is 0.573. The molecule has 0 amide bonds. The van der Waals surface area contributed by atoms with Gasteiger partial charge >= 0.3 is 0 Å². The van der Waals surface area contributed by atoms with Gasteiger partial charge in [0.2, 0.25) is 0 Å². The summed E-state index contributed by atoms with van der Waals surface area (Å²) in [7, 11) is 0. The fourth-order valence-corrected chi connectivity index (χ4v) is 3.29. The van der Waals surface area contributed by atoms with Crippen LogP contribution >= 0.6 is 11.8 Å². The van der Waals surface area contributed by atoms with Crippen molar-refractivity contribution in [1.82, 2.24) is 15.1 Å². The molecule has 2 rings (SSSR count). The summed E-state index contributed by atoms with van der Waals surface area (Å²) in [5.74, 6) is 0.723. The predicted octanol–water partition coefficient (Wildman–Crippen LogP) is 2.69. The highest BCUT2D eigenvalue weighted by Crippen LogP contribution is 2.18. The summed E-state index contributed by atoms with van der Waals surface area (Å²) in [6, 6.07) is 10.2. The minimum atomic E-state index is -0.684. The first-order chi connectivity index (χ1) is 10.4. The standard InChI is InChI=1S/C17H25N3OS/c1-13-16(10-18-11-17(3,21)12-22-4)14(2)20(19-13)15-8-6-5-7-9-15/h5-9,18,21H,10-12H2,1-4H3. The quantitative estimate of drug-likeness (QED) is 0.824. The van der Waals surface area contributed by atoms with Gasteiger partial charge in [-0.25, -0.2) is 4.68 Å². The molecule has 1 aromatic carbocycles. The van der Waals surface area contributed by atoms with E-state index >= 15 is 0 Å². The Morgan fingerprint density at radius 3 is 2.59 bits per heavy atom. The van der Waals surface area contributed by atoms with Gasteiger partial charge in [-0.15, -0.1) is 0 Å². The fraction of sp³-hybridized carbons (Fsp3) is 0.471. The topological polar surface area (TPSA) is 50.1 Å².